The number of aromatic nitrogens is 2. The van der Waals surface area contributed by atoms with Crippen LogP contribution in [-0.2, 0) is 14.8 Å². The highest BCUT2D eigenvalue weighted by molar-refractivity contribution is 8.00. The fraction of sp³-hybridized carbons (Fsp3) is 0.148. The van der Waals surface area contributed by atoms with Crippen LogP contribution in [0.25, 0.3) is 26.7 Å². The van der Waals surface area contributed by atoms with Crippen LogP contribution in [0.2, 0.25) is 0 Å². The zero-order chi connectivity index (χ0) is 27.3. The van der Waals surface area contributed by atoms with E-state index in [2.05, 4.69) is 4.98 Å². The highest BCUT2D eigenvalue weighted by Crippen LogP contribution is 2.44. The second kappa shape index (κ2) is 9.85. The molecule has 5 aromatic rings. The first-order valence-corrected chi connectivity index (χ1v) is 15.2. The molecule has 0 radical (unpaired) electrons. The Morgan fingerprint density at radius 1 is 1.03 bits per heavy atom. The summed E-state index contributed by atoms with van der Waals surface area (Å²) in [6.07, 6.45) is 2.24. The summed E-state index contributed by atoms with van der Waals surface area (Å²) in [5.74, 6) is -3.04. The van der Waals surface area contributed by atoms with Gasteiger partial charge in [-0.1, -0.05) is 42.1 Å². The molecule has 198 valence electrons. The zero-order valence-corrected chi connectivity index (χ0v) is 22.5. The second-order valence-electron chi connectivity index (χ2n) is 9.09. The van der Waals surface area contributed by atoms with Gasteiger partial charge < -0.3 is 0 Å². The largest absolute Gasteiger partial charge is 0.273 e. The normalized spacial score (nSPS) is 13.7. The number of carbonyl (C=O) groups is 1. The Morgan fingerprint density at radius 2 is 1.74 bits per heavy atom. The number of hydrogen-bond acceptors (Lipinski definition) is 7. The summed E-state index contributed by atoms with van der Waals surface area (Å²) in [4.78, 5) is 30.7. The van der Waals surface area contributed by atoms with Crippen LogP contribution in [0.3, 0.4) is 0 Å². The minimum absolute atomic E-state index is 0.212. The van der Waals surface area contributed by atoms with Crippen LogP contribution in [0.5, 0.6) is 0 Å². The number of nitrogens with one attached hydrogen (secondary N) is 1. The Balaban J connectivity index is 1.36. The molecule has 1 N–H and O–H groups in total. The lowest BCUT2D eigenvalue weighted by Crippen LogP contribution is -2.32. The Labute approximate surface area is 229 Å². The number of rotatable bonds is 7. The minimum Gasteiger partial charge on any atom is -0.273 e. The maximum atomic E-state index is 13.7. The van der Waals surface area contributed by atoms with E-state index < -0.39 is 38.2 Å². The molecule has 0 bridgehead atoms. The molecule has 12 heteroatoms. The number of nitrogens with zero attached hydrogens (tertiary/aromatic N) is 2. The Morgan fingerprint density at radius 3 is 2.46 bits per heavy atom. The second-order valence-corrected chi connectivity index (χ2v) is 12.6. The lowest BCUT2D eigenvalue weighted by atomic mass is 9.99. The maximum absolute atomic E-state index is 13.7. The standard InChI is InChI=1S/C27H19F2N3O4S3/c28-16-11-17(29)13-18(12-16)39(35,36)31-24(33)14-38-27-30-25-22(9-10-37-25)26(34)32(27)23-8-7-19(15-5-6-15)20-3-1-2-4-21(20)23/h1-4,7-13,15H,5-6,14H2,(H,31,33). The summed E-state index contributed by atoms with van der Waals surface area (Å²) >= 11 is 2.17. The predicted molar refractivity (Wildman–Crippen MR) is 147 cm³/mol. The Kier molecular flexibility index (Phi) is 6.48. The molecule has 2 aromatic heterocycles. The van der Waals surface area contributed by atoms with Gasteiger partial charge in [-0.25, -0.2) is 26.9 Å². The SMILES string of the molecule is O=C(CSc1nc2sccc2c(=O)n1-c1ccc(C2CC2)c2ccccc12)NS(=O)(=O)c1cc(F)cc(F)c1. The summed E-state index contributed by atoms with van der Waals surface area (Å²) in [5.41, 5.74) is 1.52. The van der Waals surface area contributed by atoms with Crippen LogP contribution < -0.4 is 10.3 Å². The van der Waals surface area contributed by atoms with Gasteiger partial charge in [0, 0.05) is 11.5 Å². The number of amides is 1. The lowest BCUT2D eigenvalue weighted by molar-refractivity contribution is -0.116. The molecule has 3 aromatic carbocycles. The quantitative estimate of drug-likeness (QED) is 0.205. The third kappa shape index (κ3) is 4.95. The molecule has 7 nitrogen and oxygen atoms in total. The fourth-order valence-corrected chi connectivity index (χ4v) is 7.24. The molecule has 0 saturated heterocycles. The van der Waals surface area contributed by atoms with Gasteiger partial charge in [-0.15, -0.1) is 11.3 Å². The van der Waals surface area contributed by atoms with Gasteiger partial charge >= 0.3 is 0 Å². The molecule has 0 atom stereocenters. The number of benzene rings is 3. The van der Waals surface area contributed by atoms with E-state index >= 15 is 0 Å². The third-order valence-electron chi connectivity index (χ3n) is 6.39. The first-order chi connectivity index (χ1) is 18.7. The molecule has 2 heterocycles. The van der Waals surface area contributed by atoms with Crippen molar-refractivity contribution in [3.05, 3.63) is 93.6 Å². The van der Waals surface area contributed by atoms with Gasteiger partial charge in [0.15, 0.2) is 5.16 Å². The first kappa shape index (κ1) is 25.7. The van der Waals surface area contributed by atoms with Crippen LogP contribution >= 0.6 is 23.1 Å². The molecule has 1 aliphatic carbocycles. The van der Waals surface area contributed by atoms with Crippen LogP contribution in [0.1, 0.15) is 24.3 Å². The number of sulfonamides is 1. The average Bonchev–Trinajstić information content (AvgIpc) is 3.63. The minimum atomic E-state index is -4.52. The molecule has 1 aliphatic rings. The van der Waals surface area contributed by atoms with Crippen molar-refractivity contribution in [2.24, 2.45) is 0 Å². The van der Waals surface area contributed by atoms with E-state index in [1.54, 1.807) is 11.4 Å². The molecule has 0 aliphatic heterocycles. The van der Waals surface area contributed by atoms with E-state index in [0.29, 0.717) is 40.0 Å². The van der Waals surface area contributed by atoms with Crippen molar-refractivity contribution in [1.82, 2.24) is 14.3 Å². The lowest BCUT2D eigenvalue weighted by Gasteiger charge is -2.16. The summed E-state index contributed by atoms with van der Waals surface area (Å²) in [5, 5.41) is 4.30. The number of fused-ring (bicyclic) bond motifs is 2. The molecular weight excluding hydrogens is 565 g/mol. The monoisotopic (exact) mass is 583 g/mol. The van der Waals surface area contributed by atoms with Gasteiger partial charge in [0.25, 0.3) is 15.6 Å². The van der Waals surface area contributed by atoms with Crippen molar-refractivity contribution in [3.8, 4) is 5.69 Å². The predicted octanol–water partition coefficient (Wildman–Crippen LogP) is 5.35. The van der Waals surface area contributed by atoms with Gasteiger partial charge in [-0.3, -0.25) is 14.2 Å². The molecule has 0 unspecified atom stereocenters. The summed E-state index contributed by atoms with van der Waals surface area (Å²) in [7, 11) is -4.52. The first-order valence-electron chi connectivity index (χ1n) is 11.9. The van der Waals surface area contributed by atoms with Crippen molar-refractivity contribution >= 4 is 60.0 Å². The van der Waals surface area contributed by atoms with Crippen LogP contribution in [0, 0.1) is 11.6 Å². The van der Waals surface area contributed by atoms with Crippen molar-refractivity contribution in [2.75, 3.05) is 5.75 Å². The number of thioether (sulfide) groups is 1. The van der Waals surface area contributed by atoms with Gasteiger partial charge in [0.1, 0.15) is 16.5 Å². The van der Waals surface area contributed by atoms with E-state index in [9.17, 15) is 26.8 Å². The smallest absolute Gasteiger partial charge is 0.267 e. The molecule has 1 saturated carbocycles. The topological polar surface area (TPSA) is 98.1 Å². The zero-order valence-electron chi connectivity index (χ0n) is 20.1. The van der Waals surface area contributed by atoms with E-state index in [1.165, 1.54) is 21.5 Å². The molecule has 0 spiro atoms. The third-order valence-corrected chi connectivity index (χ3v) is 9.48. The number of thiophene rings is 1. The van der Waals surface area contributed by atoms with E-state index in [1.807, 2.05) is 41.1 Å². The van der Waals surface area contributed by atoms with Crippen molar-refractivity contribution in [3.63, 3.8) is 0 Å². The van der Waals surface area contributed by atoms with E-state index in [-0.39, 0.29) is 10.7 Å². The molecular formula is C27H19F2N3O4S3. The van der Waals surface area contributed by atoms with Crippen LogP contribution in [0.4, 0.5) is 8.78 Å². The van der Waals surface area contributed by atoms with Crippen molar-refractivity contribution < 1.29 is 22.0 Å². The van der Waals surface area contributed by atoms with E-state index in [4.69, 9.17) is 0 Å². The average molecular weight is 584 g/mol. The summed E-state index contributed by atoms with van der Waals surface area (Å²) in [6, 6.07) is 15.2. The van der Waals surface area contributed by atoms with Gasteiger partial charge in [0.2, 0.25) is 5.91 Å². The molecule has 1 amide bonds. The highest BCUT2D eigenvalue weighted by Gasteiger charge is 2.27. The van der Waals surface area contributed by atoms with Crippen LogP contribution in [0.15, 0.2) is 80.9 Å². The Bertz CT molecular complexity index is 1930. The fourth-order valence-electron chi connectivity index (χ4n) is 4.51. The molecule has 6 rings (SSSR count). The van der Waals surface area contributed by atoms with Crippen molar-refractivity contribution in [2.45, 2.75) is 28.8 Å². The Hall–Kier alpha value is -3.61. The summed E-state index contributed by atoms with van der Waals surface area (Å²) < 4.78 is 55.4. The van der Waals surface area contributed by atoms with Gasteiger partial charge in [-0.05, 0) is 59.4 Å². The molecule has 1 fully saturated rings. The number of halogens is 2. The van der Waals surface area contributed by atoms with Gasteiger partial charge in [-0.2, -0.15) is 0 Å². The maximum Gasteiger partial charge on any atom is 0.267 e. The van der Waals surface area contributed by atoms with Gasteiger partial charge in [0.05, 0.1) is 21.7 Å². The molecule has 39 heavy (non-hydrogen) atoms. The number of carbonyl (C=O) groups excluding carboxylic acids is 1. The van der Waals surface area contributed by atoms with E-state index in [0.717, 1.165) is 35.4 Å². The number of hydrogen-bond donors (Lipinski definition) is 1. The summed E-state index contributed by atoms with van der Waals surface area (Å²) in [6.45, 7) is 0. The van der Waals surface area contributed by atoms with Crippen molar-refractivity contribution in [1.29, 1.82) is 0 Å². The highest BCUT2D eigenvalue weighted by atomic mass is 32.2. The van der Waals surface area contributed by atoms with Crippen LogP contribution in [-0.4, -0.2) is 29.6 Å².